The Balaban J connectivity index is 0.00000240. The fourth-order valence-electron chi connectivity index (χ4n) is 3.86. The maximum absolute atomic E-state index is 12.2. The monoisotopic (exact) mass is 494 g/mol. The minimum absolute atomic E-state index is 0. The van der Waals surface area contributed by atoms with Gasteiger partial charge in [-0.25, -0.2) is 4.79 Å². The van der Waals surface area contributed by atoms with Crippen LogP contribution in [0.1, 0.15) is 26.7 Å². The number of hydrogen-bond donors (Lipinski definition) is 1. The van der Waals surface area contributed by atoms with Crippen LogP contribution in [0.5, 0.6) is 0 Å². The van der Waals surface area contributed by atoms with Crippen molar-refractivity contribution in [2.45, 2.75) is 38.8 Å². The second-order valence-electron chi connectivity index (χ2n) is 8.01. The molecule has 1 aromatic carbocycles. The van der Waals surface area contributed by atoms with Gasteiger partial charge in [0.1, 0.15) is 6.10 Å². The molecule has 2 heterocycles. The molecule has 31 heavy (non-hydrogen) atoms. The van der Waals surface area contributed by atoms with Gasteiger partial charge in [-0.05, 0) is 32.4 Å². The third-order valence-corrected chi connectivity index (χ3v) is 5.62. The lowest BCUT2D eigenvalue weighted by molar-refractivity contribution is -0.129. The molecule has 0 radical (unpaired) electrons. The van der Waals surface area contributed by atoms with E-state index in [1.807, 2.05) is 43.0 Å². The maximum Gasteiger partial charge on any atom is 0.407 e. The Morgan fingerprint density at radius 1 is 1.10 bits per heavy atom. The number of nitrogens with zero attached hydrogens (tertiary/aromatic N) is 3. The molecule has 3 rings (SSSR count). The number of carbonyl (C=O) groups is 2. The Morgan fingerprint density at radius 3 is 2.35 bits per heavy atom. The van der Waals surface area contributed by atoms with Crippen LogP contribution in [0.2, 0.25) is 5.02 Å². The first-order valence-electron chi connectivity index (χ1n) is 10.4. The summed E-state index contributed by atoms with van der Waals surface area (Å²) in [4.78, 5) is 30.6. The summed E-state index contributed by atoms with van der Waals surface area (Å²) in [5, 5.41) is 3.54. The van der Waals surface area contributed by atoms with Crippen LogP contribution in [0.15, 0.2) is 24.3 Å². The Labute approximate surface area is 202 Å². The van der Waals surface area contributed by atoms with E-state index >= 15 is 0 Å². The molecule has 0 aliphatic carbocycles. The highest BCUT2D eigenvalue weighted by Crippen LogP contribution is 2.26. The van der Waals surface area contributed by atoms with Gasteiger partial charge in [0.05, 0.1) is 17.3 Å². The van der Waals surface area contributed by atoms with Gasteiger partial charge in [0.25, 0.3) is 0 Å². The molecule has 2 fully saturated rings. The summed E-state index contributed by atoms with van der Waals surface area (Å²) in [6, 6.07) is 7.90. The molecule has 1 unspecified atom stereocenters. The Hall–Kier alpha value is -1.41. The maximum atomic E-state index is 12.2. The van der Waals surface area contributed by atoms with E-state index < -0.39 is 6.09 Å². The SMILES string of the molecule is CC(C)NC(=O)OC(CN1CCN(c2ccccc2Cl)CC1)CN1CCCC1=O.Cl.Cl. The number of rotatable bonds is 7. The highest BCUT2D eigenvalue weighted by molar-refractivity contribution is 6.33. The van der Waals surface area contributed by atoms with Crippen LogP contribution < -0.4 is 10.2 Å². The number of piperazine rings is 1. The van der Waals surface area contributed by atoms with Crippen molar-refractivity contribution in [3.8, 4) is 0 Å². The molecular weight excluding hydrogens is 463 g/mol. The zero-order valence-corrected chi connectivity index (χ0v) is 20.5. The molecule has 2 aliphatic rings. The number of alkyl carbamates (subject to hydrolysis) is 1. The van der Waals surface area contributed by atoms with Crippen molar-refractivity contribution in [3.05, 3.63) is 29.3 Å². The van der Waals surface area contributed by atoms with E-state index in [0.29, 0.717) is 19.5 Å². The van der Waals surface area contributed by atoms with Gasteiger partial charge < -0.3 is 19.9 Å². The van der Waals surface area contributed by atoms with Crippen LogP contribution in [0.3, 0.4) is 0 Å². The summed E-state index contributed by atoms with van der Waals surface area (Å²) in [5.74, 6) is 0.145. The summed E-state index contributed by atoms with van der Waals surface area (Å²) in [6.07, 6.45) is 0.691. The number of likely N-dealkylation sites (tertiary alicyclic amines) is 1. The van der Waals surface area contributed by atoms with Crippen molar-refractivity contribution in [2.24, 2.45) is 0 Å². The molecule has 0 saturated carbocycles. The summed E-state index contributed by atoms with van der Waals surface area (Å²) in [5.41, 5.74) is 1.06. The van der Waals surface area contributed by atoms with E-state index in [0.717, 1.165) is 49.9 Å². The van der Waals surface area contributed by atoms with Gasteiger partial charge in [-0.3, -0.25) is 9.69 Å². The van der Waals surface area contributed by atoms with Crippen molar-refractivity contribution in [1.82, 2.24) is 15.1 Å². The first-order valence-corrected chi connectivity index (χ1v) is 10.8. The van der Waals surface area contributed by atoms with Crippen LogP contribution >= 0.6 is 36.4 Å². The Kier molecular flexibility index (Phi) is 11.8. The minimum Gasteiger partial charge on any atom is -0.443 e. The first-order chi connectivity index (χ1) is 13.9. The number of hydrogen-bond acceptors (Lipinski definition) is 5. The third kappa shape index (κ3) is 8.22. The van der Waals surface area contributed by atoms with Crippen molar-refractivity contribution in [3.63, 3.8) is 0 Å². The molecule has 0 bridgehead atoms. The third-order valence-electron chi connectivity index (χ3n) is 5.30. The van der Waals surface area contributed by atoms with Gasteiger partial charge in [0, 0.05) is 51.7 Å². The van der Waals surface area contributed by atoms with Crippen LogP contribution in [0.4, 0.5) is 10.5 Å². The topological polar surface area (TPSA) is 65.1 Å². The van der Waals surface area contributed by atoms with Gasteiger partial charge >= 0.3 is 6.09 Å². The normalized spacial score (nSPS) is 17.7. The zero-order valence-electron chi connectivity index (χ0n) is 18.1. The average molecular weight is 496 g/mol. The van der Waals surface area contributed by atoms with Gasteiger partial charge in [-0.15, -0.1) is 24.8 Å². The molecule has 0 spiro atoms. The molecule has 2 amide bonds. The highest BCUT2D eigenvalue weighted by Gasteiger charge is 2.28. The lowest BCUT2D eigenvalue weighted by Crippen LogP contribution is -2.51. The van der Waals surface area contributed by atoms with Crippen molar-refractivity contribution in [2.75, 3.05) is 50.7 Å². The number of anilines is 1. The molecule has 2 saturated heterocycles. The van der Waals surface area contributed by atoms with E-state index in [1.165, 1.54) is 0 Å². The molecule has 7 nitrogen and oxygen atoms in total. The van der Waals surface area contributed by atoms with Crippen LogP contribution in [0, 0.1) is 0 Å². The lowest BCUT2D eigenvalue weighted by Gasteiger charge is -2.38. The zero-order chi connectivity index (χ0) is 20.8. The molecule has 176 valence electrons. The summed E-state index contributed by atoms with van der Waals surface area (Å²) in [7, 11) is 0. The van der Waals surface area contributed by atoms with E-state index in [9.17, 15) is 9.59 Å². The molecule has 10 heteroatoms. The predicted molar refractivity (Wildman–Crippen MR) is 129 cm³/mol. The number of halogens is 3. The van der Waals surface area contributed by atoms with Crippen LogP contribution in [0.25, 0.3) is 0 Å². The van der Waals surface area contributed by atoms with Gasteiger partial charge in [0.15, 0.2) is 0 Å². The van der Waals surface area contributed by atoms with E-state index in [4.69, 9.17) is 16.3 Å². The molecule has 1 N–H and O–H groups in total. The number of amides is 2. The quantitative estimate of drug-likeness (QED) is 0.628. The fraction of sp³-hybridized carbons (Fsp3) is 0.619. The highest BCUT2D eigenvalue weighted by atomic mass is 35.5. The number of benzene rings is 1. The summed E-state index contributed by atoms with van der Waals surface area (Å²) >= 11 is 6.33. The van der Waals surface area contributed by atoms with Crippen LogP contribution in [-0.4, -0.2) is 79.8 Å². The first kappa shape index (κ1) is 27.6. The van der Waals surface area contributed by atoms with Gasteiger partial charge in [-0.2, -0.15) is 0 Å². The number of nitrogens with one attached hydrogen (secondary N) is 1. The molecular formula is C21H33Cl3N4O3. The molecule has 1 aromatic rings. The summed E-state index contributed by atoms with van der Waals surface area (Å²) in [6.45, 7) is 9.03. The average Bonchev–Trinajstić information content (AvgIpc) is 3.07. The smallest absolute Gasteiger partial charge is 0.407 e. The van der Waals surface area contributed by atoms with Crippen LogP contribution in [-0.2, 0) is 9.53 Å². The fourth-order valence-corrected chi connectivity index (χ4v) is 4.12. The molecule has 0 aromatic heterocycles. The standard InChI is InChI=1S/C21H31ClN4O3.2ClH/c1-16(2)23-21(28)29-17(15-26-9-5-8-20(26)27)14-24-10-12-25(13-11-24)19-7-4-3-6-18(19)22;;/h3-4,6-7,16-17H,5,8-15H2,1-2H3,(H,23,28);2*1H. The van der Waals surface area contributed by atoms with Crippen molar-refractivity contribution < 1.29 is 14.3 Å². The van der Waals surface area contributed by atoms with Crippen molar-refractivity contribution >= 4 is 54.1 Å². The second kappa shape index (κ2) is 13.2. The number of carbonyl (C=O) groups excluding carboxylic acids is 2. The largest absolute Gasteiger partial charge is 0.443 e. The predicted octanol–water partition coefficient (Wildman–Crippen LogP) is 3.43. The van der Waals surface area contributed by atoms with Gasteiger partial charge in [-0.1, -0.05) is 23.7 Å². The second-order valence-corrected chi connectivity index (χ2v) is 8.42. The lowest BCUT2D eigenvalue weighted by atomic mass is 10.2. The van der Waals surface area contributed by atoms with Crippen molar-refractivity contribution in [1.29, 1.82) is 0 Å². The van der Waals surface area contributed by atoms with E-state index in [1.54, 1.807) is 0 Å². The number of para-hydroxylation sites is 1. The number of ether oxygens (including phenoxy) is 1. The Bertz CT molecular complexity index is 715. The van der Waals surface area contributed by atoms with E-state index in [2.05, 4.69) is 15.1 Å². The van der Waals surface area contributed by atoms with Gasteiger partial charge in [0.2, 0.25) is 5.91 Å². The molecule has 2 aliphatic heterocycles. The summed E-state index contributed by atoms with van der Waals surface area (Å²) < 4.78 is 5.68. The molecule has 1 atom stereocenters. The minimum atomic E-state index is -0.425. The van der Waals surface area contributed by atoms with E-state index in [-0.39, 0.29) is 42.9 Å². The Morgan fingerprint density at radius 2 is 1.77 bits per heavy atom.